The summed E-state index contributed by atoms with van der Waals surface area (Å²) in [6.07, 6.45) is 2.06. The fourth-order valence-electron chi connectivity index (χ4n) is 2.20. The number of aryl methyl sites for hydroxylation is 1. The molecule has 0 saturated carbocycles. The number of rotatable bonds is 5. The quantitative estimate of drug-likeness (QED) is 0.336. The topological polar surface area (TPSA) is 119 Å². The zero-order valence-electron chi connectivity index (χ0n) is 15.8. The van der Waals surface area contributed by atoms with Crippen molar-refractivity contribution in [3.8, 4) is 11.3 Å². The number of alkyl halides is 3. The number of H-pyrrole nitrogens is 1. The average molecular weight is 449 g/mol. The standard InChI is InChI=1S/C13H14N5O3S.C3H3F3O2/c1-21-22(19,20)9-8-17-6-3-11(4-7-17)12-2-5-14-13-15-10-16-18(12)13;1-8-2(7)3(4,5)6/h2-7,10H,8-9H2,1H3;1H3/q+1;/p+1. The zero-order chi connectivity index (χ0) is 22.4. The lowest BCUT2D eigenvalue weighted by Crippen LogP contribution is -2.36. The molecule has 0 amide bonds. The molecule has 1 N–H and O–H groups in total. The molecular weight excluding hydrogens is 431 g/mol. The van der Waals surface area contributed by atoms with Crippen LogP contribution in [0.25, 0.3) is 17.0 Å². The number of halogens is 3. The molecule has 0 bridgehead atoms. The molecule has 0 spiro atoms. The number of methoxy groups -OCH3 is 1. The van der Waals surface area contributed by atoms with Crippen LogP contribution in [0.15, 0.2) is 43.1 Å². The Bertz CT molecular complexity index is 1100. The summed E-state index contributed by atoms with van der Waals surface area (Å²) >= 11 is 0. The Morgan fingerprint density at radius 1 is 1.17 bits per heavy atom. The van der Waals surface area contributed by atoms with E-state index in [9.17, 15) is 26.4 Å². The fourth-order valence-corrected chi connectivity index (χ4v) is 2.80. The van der Waals surface area contributed by atoms with Crippen molar-refractivity contribution in [2.24, 2.45) is 0 Å². The third-order valence-electron chi connectivity index (χ3n) is 3.69. The van der Waals surface area contributed by atoms with E-state index in [0.717, 1.165) is 11.3 Å². The molecule has 0 saturated heterocycles. The summed E-state index contributed by atoms with van der Waals surface area (Å²) in [6, 6.07) is 5.68. The summed E-state index contributed by atoms with van der Waals surface area (Å²) in [6.45, 7) is 0.333. The van der Waals surface area contributed by atoms with Gasteiger partial charge in [0.1, 0.15) is 17.6 Å². The van der Waals surface area contributed by atoms with Crippen LogP contribution in [0, 0.1) is 0 Å². The van der Waals surface area contributed by atoms with Gasteiger partial charge in [-0.2, -0.15) is 21.6 Å². The first kappa shape index (κ1) is 23.2. The molecule has 3 heterocycles. The van der Waals surface area contributed by atoms with Gasteiger partial charge < -0.3 is 4.74 Å². The summed E-state index contributed by atoms with van der Waals surface area (Å²) in [4.78, 5) is 17.7. The number of carbonyl (C=O) groups excluding carboxylic acids is 1. The van der Waals surface area contributed by atoms with Crippen LogP contribution in [0.1, 0.15) is 0 Å². The van der Waals surface area contributed by atoms with Crippen LogP contribution in [0.2, 0.25) is 0 Å². The average Bonchev–Trinajstić information content (AvgIpc) is 3.21. The second-order valence-electron chi connectivity index (χ2n) is 5.60. The van der Waals surface area contributed by atoms with Crippen LogP contribution in [0.3, 0.4) is 0 Å². The van der Waals surface area contributed by atoms with Crippen LogP contribution in [0.5, 0.6) is 0 Å². The van der Waals surface area contributed by atoms with Crippen molar-refractivity contribution in [1.29, 1.82) is 0 Å². The summed E-state index contributed by atoms with van der Waals surface area (Å²) in [7, 11) is -1.61. The Morgan fingerprint density at radius 3 is 2.37 bits per heavy atom. The van der Waals surface area contributed by atoms with Gasteiger partial charge >= 0.3 is 17.9 Å². The predicted octanol–water partition coefficient (Wildman–Crippen LogP) is 0.196. The number of hydrogen-bond donors (Lipinski definition) is 1. The zero-order valence-corrected chi connectivity index (χ0v) is 16.6. The molecule has 10 nitrogen and oxygen atoms in total. The predicted molar refractivity (Wildman–Crippen MR) is 94.0 cm³/mol. The van der Waals surface area contributed by atoms with E-state index in [2.05, 4.69) is 24.0 Å². The minimum absolute atomic E-state index is 0.0671. The van der Waals surface area contributed by atoms with Crippen LogP contribution in [-0.2, 0) is 30.4 Å². The molecule has 0 aliphatic heterocycles. The Morgan fingerprint density at radius 2 is 1.83 bits per heavy atom. The summed E-state index contributed by atoms with van der Waals surface area (Å²) in [5.74, 6) is -1.65. The number of ether oxygens (including phenoxy) is 1. The Hall–Kier alpha value is -3.13. The first-order chi connectivity index (χ1) is 14.1. The van der Waals surface area contributed by atoms with Gasteiger partial charge in [0.05, 0.1) is 14.2 Å². The second kappa shape index (κ2) is 9.58. The van der Waals surface area contributed by atoms with Crippen molar-refractivity contribution < 1.29 is 44.4 Å². The van der Waals surface area contributed by atoms with E-state index in [1.165, 1.54) is 7.11 Å². The third kappa shape index (κ3) is 6.18. The van der Waals surface area contributed by atoms with Gasteiger partial charge in [0.15, 0.2) is 25.3 Å². The maximum atomic E-state index is 11.3. The molecule has 14 heteroatoms. The molecule has 30 heavy (non-hydrogen) atoms. The van der Waals surface area contributed by atoms with E-state index in [4.69, 9.17) is 0 Å². The van der Waals surface area contributed by atoms with Crippen molar-refractivity contribution in [1.82, 2.24) is 15.1 Å². The normalized spacial score (nSPS) is 11.6. The third-order valence-corrected chi connectivity index (χ3v) is 4.88. The number of aromatic nitrogens is 5. The van der Waals surface area contributed by atoms with Gasteiger partial charge in [-0.15, -0.1) is 4.52 Å². The van der Waals surface area contributed by atoms with Gasteiger partial charge in [0, 0.05) is 23.8 Å². The fraction of sp³-hybridized carbons (Fsp3) is 0.312. The first-order valence-electron chi connectivity index (χ1n) is 8.20. The maximum Gasteiger partial charge on any atom is 0.490 e. The molecule has 0 fully saturated rings. The first-order valence-corrected chi connectivity index (χ1v) is 9.78. The SMILES string of the molecule is COC(=O)C(F)(F)F.COS(=O)(=O)CC[n+]1ccc(-c2ccnc3nc[nH][n+]23)cc1. The highest BCUT2D eigenvalue weighted by atomic mass is 32.2. The van der Waals surface area contributed by atoms with Crippen molar-refractivity contribution in [3.63, 3.8) is 0 Å². The van der Waals surface area contributed by atoms with Crippen LogP contribution in [0.4, 0.5) is 13.2 Å². The lowest BCUT2D eigenvalue weighted by Gasteiger charge is -2.01. The van der Waals surface area contributed by atoms with Gasteiger partial charge in [0.2, 0.25) is 0 Å². The molecule has 0 aromatic carbocycles. The number of esters is 1. The highest BCUT2D eigenvalue weighted by Gasteiger charge is 2.40. The maximum absolute atomic E-state index is 11.3. The van der Waals surface area contributed by atoms with E-state index in [-0.39, 0.29) is 5.75 Å². The van der Waals surface area contributed by atoms with Crippen LogP contribution in [-0.4, -0.2) is 55.6 Å². The summed E-state index contributed by atoms with van der Waals surface area (Å²) in [5, 5.41) is 2.99. The lowest BCUT2D eigenvalue weighted by molar-refractivity contribution is -0.692. The van der Waals surface area contributed by atoms with Gasteiger partial charge in [-0.25, -0.2) is 14.5 Å². The van der Waals surface area contributed by atoms with Crippen molar-refractivity contribution in [2.45, 2.75) is 12.7 Å². The Balaban J connectivity index is 0.000000343. The van der Waals surface area contributed by atoms with Crippen LogP contribution >= 0.6 is 0 Å². The summed E-state index contributed by atoms with van der Waals surface area (Å²) < 4.78 is 66.9. The van der Waals surface area contributed by atoms with Crippen molar-refractivity contribution >= 4 is 21.9 Å². The molecule has 0 radical (unpaired) electrons. The number of aromatic amines is 1. The van der Waals surface area contributed by atoms with Crippen molar-refractivity contribution in [3.05, 3.63) is 43.1 Å². The molecule has 3 aromatic heterocycles. The summed E-state index contributed by atoms with van der Waals surface area (Å²) in [5.41, 5.74) is 1.88. The van der Waals surface area contributed by atoms with E-state index < -0.39 is 22.3 Å². The van der Waals surface area contributed by atoms with E-state index >= 15 is 0 Å². The smallest absolute Gasteiger partial charge is 0.462 e. The number of hydrogen-bond acceptors (Lipinski definition) is 7. The van der Waals surface area contributed by atoms with Gasteiger partial charge in [-0.05, 0) is 0 Å². The van der Waals surface area contributed by atoms with E-state index in [0.29, 0.717) is 19.4 Å². The number of pyridine rings is 1. The molecule has 3 rings (SSSR count). The van der Waals surface area contributed by atoms with E-state index in [1.54, 1.807) is 21.6 Å². The van der Waals surface area contributed by atoms with Gasteiger partial charge in [-0.1, -0.05) is 9.97 Å². The number of carbonyl (C=O) groups is 1. The molecule has 0 aliphatic carbocycles. The molecule has 162 valence electrons. The molecule has 0 aliphatic rings. The minimum Gasteiger partial charge on any atom is -0.462 e. The number of fused-ring (bicyclic) bond motifs is 1. The van der Waals surface area contributed by atoms with Gasteiger partial charge in [0.25, 0.3) is 10.1 Å². The van der Waals surface area contributed by atoms with Gasteiger partial charge in [-0.3, -0.25) is 4.18 Å². The largest absolute Gasteiger partial charge is 0.490 e. The van der Waals surface area contributed by atoms with Crippen LogP contribution < -0.4 is 9.08 Å². The lowest BCUT2D eigenvalue weighted by atomic mass is 10.2. The Labute approximate surface area is 169 Å². The molecule has 3 aromatic rings. The number of nitrogens with one attached hydrogen (secondary N) is 1. The highest BCUT2D eigenvalue weighted by Crippen LogP contribution is 2.15. The van der Waals surface area contributed by atoms with Crippen molar-refractivity contribution in [2.75, 3.05) is 20.0 Å². The molecule has 0 unspecified atom stereocenters. The second-order valence-corrected chi connectivity index (χ2v) is 7.45. The Kier molecular flexibility index (Phi) is 7.39. The highest BCUT2D eigenvalue weighted by molar-refractivity contribution is 7.86. The van der Waals surface area contributed by atoms with E-state index in [1.807, 2.05) is 30.6 Å². The molecule has 0 atom stereocenters. The monoisotopic (exact) mass is 449 g/mol. The minimum atomic E-state index is -4.85. The molecular formula is C16H18F3N5O5S+2. The number of nitrogens with zero attached hydrogens (tertiary/aromatic N) is 4.